The molecule has 1 aromatic rings. The number of hydrazine groups is 2. The lowest BCUT2D eigenvalue weighted by Gasteiger charge is -2.39. The van der Waals surface area contributed by atoms with Gasteiger partial charge in [-0.3, -0.25) is 15.0 Å². The molecule has 0 radical (unpaired) electrons. The monoisotopic (exact) mass is 468 g/mol. The SMILES string of the molecule is O=C(CCCCCCN1C=C(c2ccc(O[C@H]3O[C@H](CO)[C@@H](O)[C@H](O)[C@H]3O)cc2)NN1)NO. The summed E-state index contributed by atoms with van der Waals surface area (Å²) in [4.78, 5) is 11.0. The number of hydrogen-bond acceptors (Lipinski definition) is 11. The lowest BCUT2D eigenvalue weighted by atomic mass is 9.99. The van der Waals surface area contributed by atoms with E-state index in [1.54, 1.807) is 17.6 Å². The number of carbonyl (C=O) groups excluding carboxylic acids is 1. The van der Waals surface area contributed by atoms with Crippen LogP contribution in [0.4, 0.5) is 0 Å². The van der Waals surface area contributed by atoms with E-state index in [4.69, 9.17) is 14.7 Å². The standard InChI is InChI=1S/C21H32N4O8/c26-12-16-18(28)19(29)20(30)21(33-16)32-14-8-6-13(7-9-14)15-11-25(24-22-15)10-4-2-1-3-5-17(27)23-31/h6-9,11,16,18-22,24,26,28-31H,1-5,10,12H2,(H,23,27)/t16-,18-,19+,20-,21+/m1/s1. The molecule has 0 unspecified atom stereocenters. The van der Waals surface area contributed by atoms with E-state index in [2.05, 4.69) is 11.0 Å². The van der Waals surface area contributed by atoms with Gasteiger partial charge in [-0.05, 0) is 37.1 Å². The lowest BCUT2D eigenvalue weighted by Crippen LogP contribution is -2.60. The molecule has 12 heteroatoms. The second-order valence-electron chi connectivity index (χ2n) is 8.01. The number of amides is 1. The molecule has 33 heavy (non-hydrogen) atoms. The molecule has 1 fully saturated rings. The van der Waals surface area contributed by atoms with Crippen molar-refractivity contribution in [3.8, 4) is 5.75 Å². The van der Waals surface area contributed by atoms with Gasteiger partial charge in [-0.2, -0.15) is 0 Å². The van der Waals surface area contributed by atoms with Crippen molar-refractivity contribution in [1.82, 2.24) is 21.4 Å². The van der Waals surface area contributed by atoms with Crippen LogP contribution < -0.4 is 21.2 Å². The van der Waals surface area contributed by atoms with Crippen molar-refractivity contribution in [3.05, 3.63) is 36.0 Å². The van der Waals surface area contributed by atoms with Crippen molar-refractivity contribution in [3.63, 3.8) is 0 Å². The number of unbranched alkanes of at least 4 members (excludes halogenated alkanes) is 3. The second-order valence-corrected chi connectivity index (χ2v) is 8.01. The first-order valence-electron chi connectivity index (χ1n) is 10.9. The van der Waals surface area contributed by atoms with Gasteiger partial charge in [-0.15, -0.1) is 5.53 Å². The molecule has 0 aliphatic carbocycles. The minimum atomic E-state index is -1.50. The van der Waals surface area contributed by atoms with Crippen molar-refractivity contribution in [2.24, 2.45) is 0 Å². The van der Waals surface area contributed by atoms with E-state index >= 15 is 0 Å². The number of hydrogen-bond donors (Lipinski definition) is 8. The van der Waals surface area contributed by atoms with Gasteiger partial charge in [0.2, 0.25) is 12.2 Å². The summed E-state index contributed by atoms with van der Waals surface area (Å²) < 4.78 is 11.0. The summed E-state index contributed by atoms with van der Waals surface area (Å²) in [5.74, 6) is 0.0268. The molecule has 0 bridgehead atoms. The van der Waals surface area contributed by atoms with Crippen LogP contribution in [0.2, 0.25) is 0 Å². The molecule has 1 aromatic carbocycles. The quantitative estimate of drug-likeness (QED) is 0.113. The van der Waals surface area contributed by atoms with Gasteiger partial charge in [-0.25, -0.2) is 5.48 Å². The van der Waals surface area contributed by atoms with Crippen LogP contribution in [0.25, 0.3) is 5.70 Å². The van der Waals surface area contributed by atoms with Crippen LogP contribution in [0.15, 0.2) is 30.5 Å². The highest BCUT2D eigenvalue weighted by molar-refractivity contribution is 5.74. The van der Waals surface area contributed by atoms with Crippen molar-refractivity contribution < 1.29 is 39.9 Å². The van der Waals surface area contributed by atoms with Gasteiger partial charge in [-0.1, -0.05) is 12.8 Å². The van der Waals surface area contributed by atoms with E-state index in [1.807, 2.05) is 23.3 Å². The topological polar surface area (TPSA) is 176 Å². The number of aliphatic hydroxyl groups is 4. The van der Waals surface area contributed by atoms with Gasteiger partial charge in [0.1, 0.15) is 30.2 Å². The number of nitrogens with zero attached hydrogens (tertiary/aromatic N) is 1. The molecule has 12 nitrogen and oxygen atoms in total. The summed E-state index contributed by atoms with van der Waals surface area (Å²) in [6.07, 6.45) is -0.866. The minimum Gasteiger partial charge on any atom is -0.462 e. The minimum absolute atomic E-state index is 0.320. The summed E-state index contributed by atoms with van der Waals surface area (Å²) in [7, 11) is 0. The normalized spacial score (nSPS) is 27.1. The Morgan fingerprint density at radius 3 is 2.48 bits per heavy atom. The van der Waals surface area contributed by atoms with Crippen molar-refractivity contribution in [2.45, 2.75) is 62.8 Å². The maximum absolute atomic E-state index is 11.0. The first kappa shape index (κ1) is 25.2. The number of rotatable bonds is 11. The van der Waals surface area contributed by atoms with Gasteiger partial charge in [0.15, 0.2) is 0 Å². The van der Waals surface area contributed by atoms with Crippen LogP contribution in [0, 0.1) is 0 Å². The highest BCUT2D eigenvalue weighted by Gasteiger charge is 2.44. The molecule has 2 heterocycles. The van der Waals surface area contributed by atoms with Gasteiger partial charge >= 0.3 is 0 Å². The number of ether oxygens (including phenoxy) is 2. The van der Waals surface area contributed by atoms with Crippen LogP contribution in [-0.2, 0) is 9.53 Å². The zero-order valence-corrected chi connectivity index (χ0v) is 18.1. The molecule has 5 atom stereocenters. The molecule has 2 aliphatic rings. The zero-order valence-electron chi connectivity index (χ0n) is 18.1. The Hall–Kier alpha value is -2.45. The molecule has 0 saturated carbocycles. The Morgan fingerprint density at radius 2 is 1.79 bits per heavy atom. The van der Waals surface area contributed by atoms with E-state index < -0.39 is 37.3 Å². The van der Waals surface area contributed by atoms with E-state index in [-0.39, 0.29) is 5.91 Å². The third-order valence-corrected chi connectivity index (χ3v) is 5.56. The first-order valence-corrected chi connectivity index (χ1v) is 10.9. The molecule has 0 aromatic heterocycles. The van der Waals surface area contributed by atoms with Crippen LogP contribution in [0.1, 0.15) is 37.7 Å². The average molecular weight is 469 g/mol. The fourth-order valence-electron chi connectivity index (χ4n) is 3.61. The van der Waals surface area contributed by atoms with Crippen molar-refractivity contribution in [1.29, 1.82) is 0 Å². The second kappa shape index (κ2) is 12.1. The fraction of sp³-hybridized carbons (Fsp3) is 0.571. The van der Waals surface area contributed by atoms with Crippen molar-refractivity contribution in [2.75, 3.05) is 13.2 Å². The number of benzene rings is 1. The molecule has 8 N–H and O–H groups in total. The Bertz CT molecular complexity index is 791. The zero-order chi connectivity index (χ0) is 23.8. The highest BCUT2D eigenvalue weighted by Crippen LogP contribution is 2.25. The Labute approximate surface area is 191 Å². The Morgan fingerprint density at radius 1 is 1.06 bits per heavy atom. The largest absolute Gasteiger partial charge is 0.462 e. The molecule has 3 rings (SSSR count). The number of aliphatic hydroxyl groups excluding tert-OH is 4. The highest BCUT2D eigenvalue weighted by atomic mass is 16.7. The molecular weight excluding hydrogens is 436 g/mol. The van der Waals surface area contributed by atoms with Crippen molar-refractivity contribution >= 4 is 11.6 Å². The molecule has 0 spiro atoms. The maximum atomic E-state index is 11.0. The number of carbonyl (C=O) groups is 1. The van der Waals surface area contributed by atoms with Gasteiger partial charge in [0.05, 0.1) is 12.3 Å². The van der Waals surface area contributed by atoms with E-state index in [9.17, 15) is 25.2 Å². The number of nitrogens with one attached hydrogen (secondary N) is 3. The summed E-state index contributed by atoms with van der Waals surface area (Å²) in [5.41, 5.74) is 9.53. The Kier molecular flexibility index (Phi) is 9.26. The molecular formula is C21H32N4O8. The van der Waals surface area contributed by atoms with Crippen LogP contribution in [0.5, 0.6) is 5.75 Å². The average Bonchev–Trinajstić information content (AvgIpc) is 3.30. The molecule has 2 aliphatic heterocycles. The third-order valence-electron chi connectivity index (χ3n) is 5.56. The third kappa shape index (κ3) is 6.77. The molecule has 1 amide bonds. The Balaban J connectivity index is 1.45. The van der Waals surface area contributed by atoms with E-state index in [0.29, 0.717) is 12.2 Å². The molecule has 184 valence electrons. The fourth-order valence-corrected chi connectivity index (χ4v) is 3.61. The summed E-state index contributed by atoms with van der Waals surface area (Å²) >= 11 is 0. The predicted octanol–water partition coefficient (Wildman–Crippen LogP) is -1.06. The summed E-state index contributed by atoms with van der Waals surface area (Å²) in [5, 5.41) is 49.5. The first-order chi connectivity index (χ1) is 15.9. The smallest absolute Gasteiger partial charge is 0.243 e. The van der Waals surface area contributed by atoms with Crippen LogP contribution >= 0.6 is 0 Å². The maximum Gasteiger partial charge on any atom is 0.243 e. The lowest BCUT2D eigenvalue weighted by molar-refractivity contribution is -0.277. The van der Waals surface area contributed by atoms with Gasteiger partial charge in [0, 0.05) is 24.7 Å². The predicted molar refractivity (Wildman–Crippen MR) is 115 cm³/mol. The van der Waals surface area contributed by atoms with Gasteiger partial charge in [0.25, 0.3) is 0 Å². The summed E-state index contributed by atoms with van der Waals surface area (Å²) in [6.45, 7) is 0.259. The van der Waals surface area contributed by atoms with Gasteiger partial charge < -0.3 is 35.3 Å². The number of hydroxylamine groups is 1. The van der Waals surface area contributed by atoms with Crippen LogP contribution in [0.3, 0.4) is 0 Å². The van der Waals surface area contributed by atoms with E-state index in [0.717, 1.165) is 43.5 Å². The summed E-state index contributed by atoms with van der Waals surface area (Å²) in [6, 6.07) is 7.00. The van der Waals surface area contributed by atoms with Crippen LogP contribution in [-0.4, -0.2) is 80.4 Å². The molecule has 1 saturated heterocycles. The van der Waals surface area contributed by atoms with E-state index in [1.165, 1.54) is 0 Å².